The quantitative estimate of drug-likeness (QED) is 0.869. The molecule has 1 aliphatic rings. The molecular weight excluding hydrogens is 235 g/mol. The van der Waals surface area contributed by atoms with Crippen LogP contribution in [0.3, 0.4) is 0 Å². The molecule has 16 heavy (non-hydrogen) atoms. The van der Waals surface area contributed by atoms with Gasteiger partial charge in [0.05, 0.1) is 5.56 Å². The zero-order valence-electron chi connectivity index (χ0n) is 8.54. The molecule has 86 valence electrons. The van der Waals surface area contributed by atoms with Gasteiger partial charge in [-0.2, -0.15) is 0 Å². The van der Waals surface area contributed by atoms with E-state index in [4.69, 9.17) is 26.2 Å². The summed E-state index contributed by atoms with van der Waals surface area (Å²) in [5, 5.41) is 9.17. The van der Waals surface area contributed by atoms with E-state index in [1.807, 2.05) is 0 Å². The second-order valence-corrected chi connectivity index (χ2v) is 3.97. The molecule has 0 amide bonds. The molecule has 1 unspecified atom stereocenters. The number of ether oxygens (including phenoxy) is 2. The molecule has 1 atom stereocenters. The monoisotopic (exact) mass is 244 g/mol. The van der Waals surface area contributed by atoms with Crippen molar-refractivity contribution in [3.05, 3.63) is 46.6 Å². The fourth-order valence-electron chi connectivity index (χ4n) is 1.52. The predicted octanol–water partition coefficient (Wildman–Crippen LogP) is 2.53. The van der Waals surface area contributed by atoms with Gasteiger partial charge in [-0.15, -0.1) is 0 Å². The zero-order valence-corrected chi connectivity index (χ0v) is 9.29. The summed E-state index contributed by atoms with van der Waals surface area (Å²) >= 11 is 5.65. The highest BCUT2D eigenvalue weighted by atomic mass is 35.5. The minimum absolute atomic E-state index is 0.233. The number of hydrogen-bond acceptors (Lipinski definition) is 3. The van der Waals surface area contributed by atoms with Crippen molar-refractivity contribution in [3.63, 3.8) is 0 Å². The molecule has 0 bridgehead atoms. The molecule has 0 spiro atoms. The van der Waals surface area contributed by atoms with Crippen LogP contribution in [-0.2, 0) is 15.3 Å². The van der Waals surface area contributed by atoms with Gasteiger partial charge in [0.15, 0.2) is 5.76 Å². The van der Waals surface area contributed by atoms with Gasteiger partial charge in [-0.1, -0.05) is 11.6 Å². The maximum Gasteiger partial charge on any atom is 0.277 e. The topological polar surface area (TPSA) is 38.7 Å². The Morgan fingerprint density at radius 3 is 2.81 bits per heavy atom. The lowest BCUT2D eigenvalue weighted by Crippen LogP contribution is -2.24. The van der Waals surface area contributed by atoms with E-state index < -0.39 is 11.6 Å². The Morgan fingerprint density at radius 2 is 2.25 bits per heavy atom. The average molecular weight is 245 g/mol. The molecule has 1 aromatic carbocycles. The van der Waals surface area contributed by atoms with Gasteiger partial charge in [-0.3, -0.25) is 0 Å². The molecule has 0 saturated carbocycles. The van der Waals surface area contributed by atoms with Gasteiger partial charge >= 0.3 is 0 Å². The van der Waals surface area contributed by atoms with E-state index in [9.17, 15) is 4.39 Å². The molecule has 0 aliphatic carbocycles. The van der Waals surface area contributed by atoms with E-state index in [1.165, 1.54) is 18.4 Å². The number of benzene rings is 1. The highest BCUT2D eigenvalue weighted by Gasteiger charge is 2.37. The Morgan fingerprint density at radius 1 is 1.50 bits per heavy atom. The van der Waals surface area contributed by atoms with Gasteiger partial charge in [0.1, 0.15) is 18.7 Å². The number of aliphatic hydroxyl groups is 1. The van der Waals surface area contributed by atoms with Crippen molar-refractivity contribution in [1.82, 2.24) is 0 Å². The number of halogens is 2. The Kier molecular flexibility index (Phi) is 2.78. The first-order chi connectivity index (χ1) is 7.55. The third kappa shape index (κ3) is 1.86. The van der Waals surface area contributed by atoms with Gasteiger partial charge in [0.2, 0.25) is 0 Å². The Labute approximate surface area is 97.1 Å². The summed E-state index contributed by atoms with van der Waals surface area (Å²) < 4.78 is 24.2. The molecule has 1 N–H and O–H groups in total. The summed E-state index contributed by atoms with van der Waals surface area (Å²) in [7, 11) is 0. The van der Waals surface area contributed by atoms with Crippen LogP contribution in [0.4, 0.5) is 4.39 Å². The maximum atomic E-state index is 13.6. The van der Waals surface area contributed by atoms with E-state index in [0.717, 1.165) is 0 Å². The smallest absolute Gasteiger partial charge is 0.277 e. The van der Waals surface area contributed by atoms with E-state index in [-0.39, 0.29) is 17.9 Å². The first-order valence-electron chi connectivity index (χ1n) is 4.67. The molecule has 1 aromatic rings. The van der Waals surface area contributed by atoms with Crippen molar-refractivity contribution in [2.75, 3.05) is 6.61 Å². The minimum Gasteiger partial charge on any atom is -0.452 e. The van der Waals surface area contributed by atoms with Crippen LogP contribution < -0.4 is 0 Å². The lowest BCUT2D eigenvalue weighted by Gasteiger charge is -2.24. The standard InChI is InChI=1S/C11H10ClFO3/c1-11(15-6-8(5-14)16-11)9-3-2-7(12)4-10(9)13/h2-4,6,14H,5H2,1H3. The first kappa shape index (κ1) is 11.2. The number of rotatable bonds is 2. The normalized spacial score (nSPS) is 23.6. The summed E-state index contributed by atoms with van der Waals surface area (Å²) in [4.78, 5) is 0. The number of hydrogen-bond donors (Lipinski definition) is 1. The Bertz CT molecular complexity index is 447. The van der Waals surface area contributed by atoms with Crippen LogP contribution in [0.2, 0.25) is 5.02 Å². The molecule has 3 nitrogen and oxygen atoms in total. The summed E-state index contributed by atoms with van der Waals surface area (Å²) in [6.07, 6.45) is 1.27. The highest BCUT2D eigenvalue weighted by molar-refractivity contribution is 6.30. The zero-order chi connectivity index (χ0) is 11.8. The second-order valence-electron chi connectivity index (χ2n) is 3.53. The SMILES string of the molecule is CC1(c2ccc(Cl)cc2F)OC=C(CO)O1. The molecule has 1 heterocycles. The van der Waals surface area contributed by atoms with E-state index in [0.29, 0.717) is 5.02 Å². The molecular formula is C11H10ClFO3. The predicted molar refractivity (Wildman–Crippen MR) is 56.1 cm³/mol. The Hall–Kier alpha value is -1.26. The summed E-state index contributed by atoms with van der Waals surface area (Å²) in [5.41, 5.74) is 0.233. The number of aliphatic hydroxyl groups excluding tert-OH is 1. The Balaban J connectivity index is 2.32. The van der Waals surface area contributed by atoms with Crippen LogP contribution in [-0.4, -0.2) is 11.7 Å². The van der Waals surface area contributed by atoms with Crippen molar-refractivity contribution < 1.29 is 19.0 Å². The van der Waals surface area contributed by atoms with Gasteiger partial charge in [0, 0.05) is 11.9 Å². The van der Waals surface area contributed by atoms with Crippen molar-refractivity contribution in [3.8, 4) is 0 Å². The van der Waals surface area contributed by atoms with E-state index in [1.54, 1.807) is 13.0 Å². The minimum atomic E-state index is -1.24. The maximum absolute atomic E-state index is 13.6. The fraction of sp³-hybridized carbons (Fsp3) is 0.273. The summed E-state index contributed by atoms with van der Waals surface area (Å²) in [5.74, 6) is -1.49. The van der Waals surface area contributed by atoms with Gasteiger partial charge in [-0.05, 0) is 18.2 Å². The largest absolute Gasteiger partial charge is 0.452 e. The van der Waals surface area contributed by atoms with Crippen LogP contribution in [0.25, 0.3) is 0 Å². The molecule has 0 aromatic heterocycles. The second kappa shape index (κ2) is 3.96. The average Bonchev–Trinajstić information content (AvgIpc) is 2.61. The van der Waals surface area contributed by atoms with Crippen LogP contribution in [0, 0.1) is 5.82 Å². The van der Waals surface area contributed by atoms with Gasteiger partial charge < -0.3 is 14.6 Å². The lowest BCUT2D eigenvalue weighted by molar-refractivity contribution is -0.145. The van der Waals surface area contributed by atoms with Crippen LogP contribution in [0.1, 0.15) is 12.5 Å². The van der Waals surface area contributed by atoms with Crippen LogP contribution in [0.5, 0.6) is 0 Å². The van der Waals surface area contributed by atoms with E-state index in [2.05, 4.69) is 0 Å². The lowest BCUT2D eigenvalue weighted by atomic mass is 10.1. The van der Waals surface area contributed by atoms with Gasteiger partial charge in [-0.25, -0.2) is 4.39 Å². The van der Waals surface area contributed by atoms with Crippen LogP contribution in [0.15, 0.2) is 30.2 Å². The van der Waals surface area contributed by atoms with E-state index >= 15 is 0 Å². The van der Waals surface area contributed by atoms with Crippen molar-refractivity contribution in [2.24, 2.45) is 0 Å². The molecule has 5 heteroatoms. The molecule has 0 saturated heterocycles. The molecule has 0 fully saturated rings. The third-order valence-corrected chi connectivity index (χ3v) is 2.55. The van der Waals surface area contributed by atoms with Gasteiger partial charge in [0.25, 0.3) is 5.79 Å². The van der Waals surface area contributed by atoms with Crippen molar-refractivity contribution >= 4 is 11.6 Å². The van der Waals surface area contributed by atoms with Crippen LogP contribution >= 0.6 is 11.6 Å². The summed E-state index contributed by atoms with van der Waals surface area (Å²) in [6, 6.07) is 4.23. The fourth-order valence-corrected chi connectivity index (χ4v) is 1.68. The molecule has 1 aliphatic heterocycles. The van der Waals surface area contributed by atoms with Crippen molar-refractivity contribution in [2.45, 2.75) is 12.7 Å². The first-order valence-corrected chi connectivity index (χ1v) is 5.05. The van der Waals surface area contributed by atoms with Crippen molar-refractivity contribution in [1.29, 1.82) is 0 Å². The molecule has 2 rings (SSSR count). The molecule has 0 radical (unpaired) electrons. The third-order valence-electron chi connectivity index (χ3n) is 2.32. The highest BCUT2D eigenvalue weighted by Crippen LogP contribution is 2.36. The summed E-state index contributed by atoms with van der Waals surface area (Å²) in [6.45, 7) is 1.28.